The van der Waals surface area contributed by atoms with Gasteiger partial charge in [0.15, 0.2) is 11.5 Å². The SMILES string of the molecule is O=C(NC(C[C@@H]1COc2ccccc2O1)C1CCNCC1)C1=Cc2[nH]nc3cccc(c23)S1. The van der Waals surface area contributed by atoms with Gasteiger partial charge in [0, 0.05) is 22.7 Å². The van der Waals surface area contributed by atoms with Gasteiger partial charge in [0.05, 0.1) is 16.1 Å². The lowest BCUT2D eigenvalue weighted by Gasteiger charge is -2.35. The Balaban J connectivity index is 1.21. The molecule has 33 heavy (non-hydrogen) atoms. The molecule has 8 heteroatoms. The van der Waals surface area contributed by atoms with Crippen LogP contribution in [0.25, 0.3) is 17.0 Å². The number of nitrogens with one attached hydrogen (secondary N) is 3. The molecule has 4 heterocycles. The second-order valence-electron chi connectivity index (χ2n) is 8.80. The third kappa shape index (κ3) is 4.09. The van der Waals surface area contributed by atoms with Gasteiger partial charge in [0.2, 0.25) is 0 Å². The predicted molar refractivity (Wildman–Crippen MR) is 128 cm³/mol. The number of hydrogen-bond acceptors (Lipinski definition) is 6. The standard InChI is InChI=1S/C25H26N4O3S/c30-25(23-13-19-24-17(28-29-19)4-3-7-22(24)33-23)27-18(15-8-10-26-11-9-15)12-16-14-31-20-5-1-2-6-21(20)32-16/h1-7,13,15-16,18,26H,8-12,14H2,(H,27,30)(H,28,29)/t16-,18?/m1/s1. The highest BCUT2D eigenvalue weighted by Crippen LogP contribution is 2.40. The van der Waals surface area contributed by atoms with Crippen molar-refractivity contribution in [2.75, 3.05) is 19.7 Å². The topological polar surface area (TPSA) is 88.3 Å². The molecule has 2 aromatic carbocycles. The number of thioether (sulfide) groups is 1. The van der Waals surface area contributed by atoms with Gasteiger partial charge < -0.3 is 20.1 Å². The quantitative estimate of drug-likeness (QED) is 0.536. The minimum absolute atomic E-state index is 0.0129. The van der Waals surface area contributed by atoms with Gasteiger partial charge in [-0.2, -0.15) is 5.10 Å². The van der Waals surface area contributed by atoms with E-state index in [4.69, 9.17) is 9.47 Å². The molecule has 3 N–H and O–H groups in total. The molecule has 0 spiro atoms. The lowest BCUT2D eigenvalue weighted by atomic mass is 9.86. The van der Waals surface area contributed by atoms with Crippen molar-refractivity contribution in [2.45, 2.75) is 36.3 Å². The maximum atomic E-state index is 13.4. The van der Waals surface area contributed by atoms with E-state index in [9.17, 15) is 4.79 Å². The van der Waals surface area contributed by atoms with Gasteiger partial charge in [0.25, 0.3) is 5.91 Å². The summed E-state index contributed by atoms with van der Waals surface area (Å²) in [7, 11) is 0. The van der Waals surface area contributed by atoms with E-state index in [1.54, 1.807) is 0 Å². The Morgan fingerprint density at radius 3 is 2.88 bits per heavy atom. The molecule has 2 atom stereocenters. The molecule has 0 aliphatic carbocycles. The lowest BCUT2D eigenvalue weighted by molar-refractivity contribution is -0.118. The van der Waals surface area contributed by atoms with Crippen LogP contribution in [0.15, 0.2) is 52.3 Å². The minimum atomic E-state index is -0.0963. The molecule has 3 aliphatic rings. The first-order valence-corrected chi connectivity index (χ1v) is 12.3. The number of fused-ring (bicyclic) bond motifs is 1. The molecule has 1 aromatic heterocycles. The number of nitrogens with zero attached hydrogens (tertiary/aromatic N) is 1. The van der Waals surface area contributed by atoms with Gasteiger partial charge in [-0.3, -0.25) is 9.89 Å². The molecular formula is C25H26N4O3S. The van der Waals surface area contributed by atoms with Crippen molar-refractivity contribution in [3.05, 3.63) is 53.1 Å². The molecule has 3 aliphatic heterocycles. The van der Waals surface area contributed by atoms with Crippen LogP contribution in [0.3, 0.4) is 0 Å². The van der Waals surface area contributed by atoms with E-state index in [1.165, 1.54) is 11.8 Å². The van der Waals surface area contributed by atoms with E-state index in [1.807, 2.05) is 48.5 Å². The Morgan fingerprint density at radius 2 is 2.00 bits per heavy atom. The highest BCUT2D eigenvalue weighted by molar-refractivity contribution is 8.04. The van der Waals surface area contributed by atoms with Gasteiger partial charge in [-0.05, 0) is 62.2 Å². The van der Waals surface area contributed by atoms with Crippen molar-refractivity contribution in [3.63, 3.8) is 0 Å². The first kappa shape index (κ1) is 20.6. The number of aromatic amines is 1. The Labute approximate surface area is 196 Å². The fraction of sp³-hybridized carbons (Fsp3) is 0.360. The summed E-state index contributed by atoms with van der Waals surface area (Å²) >= 11 is 1.51. The van der Waals surface area contributed by atoms with Crippen molar-refractivity contribution in [2.24, 2.45) is 5.92 Å². The average molecular weight is 463 g/mol. The molecular weight excluding hydrogens is 436 g/mol. The number of rotatable bonds is 5. The molecule has 6 rings (SSSR count). The third-order valence-corrected chi connectivity index (χ3v) is 7.73. The molecule has 7 nitrogen and oxygen atoms in total. The van der Waals surface area contributed by atoms with Crippen molar-refractivity contribution in [1.82, 2.24) is 20.8 Å². The zero-order chi connectivity index (χ0) is 22.2. The lowest BCUT2D eigenvalue weighted by Crippen LogP contribution is -2.48. The Hall–Kier alpha value is -2.97. The molecule has 1 saturated heterocycles. The van der Waals surface area contributed by atoms with E-state index in [0.29, 0.717) is 23.9 Å². The molecule has 1 fully saturated rings. The summed E-state index contributed by atoms with van der Waals surface area (Å²) in [5, 5.41) is 15.3. The zero-order valence-electron chi connectivity index (χ0n) is 18.2. The summed E-state index contributed by atoms with van der Waals surface area (Å²) in [6.45, 7) is 2.43. The number of carbonyl (C=O) groups excluding carboxylic acids is 1. The monoisotopic (exact) mass is 462 g/mol. The summed E-state index contributed by atoms with van der Waals surface area (Å²) in [5.74, 6) is 1.91. The predicted octanol–water partition coefficient (Wildman–Crippen LogP) is 3.72. The number of aromatic nitrogens is 2. The number of hydrogen-bond donors (Lipinski definition) is 3. The van der Waals surface area contributed by atoms with Crippen LogP contribution < -0.4 is 20.1 Å². The van der Waals surface area contributed by atoms with E-state index in [2.05, 4.69) is 20.8 Å². The highest BCUT2D eigenvalue weighted by Gasteiger charge is 2.32. The van der Waals surface area contributed by atoms with Crippen molar-refractivity contribution < 1.29 is 14.3 Å². The van der Waals surface area contributed by atoms with Crippen molar-refractivity contribution in [3.8, 4) is 11.5 Å². The summed E-state index contributed by atoms with van der Waals surface area (Å²) in [6.07, 6.45) is 4.60. The van der Waals surface area contributed by atoms with E-state index >= 15 is 0 Å². The number of amides is 1. The van der Waals surface area contributed by atoms with Gasteiger partial charge >= 0.3 is 0 Å². The molecule has 1 amide bonds. The molecule has 0 saturated carbocycles. The van der Waals surface area contributed by atoms with Crippen LogP contribution in [0.1, 0.15) is 25.0 Å². The number of ether oxygens (including phenoxy) is 2. The smallest absolute Gasteiger partial charge is 0.258 e. The van der Waals surface area contributed by atoms with Crippen LogP contribution in [0, 0.1) is 5.92 Å². The number of H-pyrrole nitrogens is 1. The Bertz CT molecular complexity index is 1220. The van der Waals surface area contributed by atoms with E-state index < -0.39 is 0 Å². The number of benzene rings is 2. The first-order chi connectivity index (χ1) is 16.2. The second kappa shape index (κ2) is 8.76. The zero-order valence-corrected chi connectivity index (χ0v) is 19.0. The van der Waals surface area contributed by atoms with E-state index in [-0.39, 0.29) is 18.1 Å². The van der Waals surface area contributed by atoms with Gasteiger partial charge in [0.1, 0.15) is 12.7 Å². The highest BCUT2D eigenvalue weighted by atomic mass is 32.2. The summed E-state index contributed by atoms with van der Waals surface area (Å²) in [4.78, 5) is 15.2. The van der Waals surface area contributed by atoms with Crippen LogP contribution in [0.2, 0.25) is 0 Å². The third-order valence-electron chi connectivity index (χ3n) is 6.64. The second-order valence-corrected chi connectivity index (χ2v) is 9.88. The molecule has 1 unspecified atom stereocenters. The number of carbonyl (C=O) groups is 1. The van der Waals surface area contributed by atoms with Crippen LogP contribution in [0.4, 0.5) is 0 Å². The minimum Gasteiger partial charge on any atom is -0.486 e. The van der Waals surface area contributed by atoms with Crippen LogP contribution in [0.5, 0.6) is 11.5 Å². The van der Waals surface area contributed by atoms with Crippen molar-refractivity contribution >= 4 is 34.6 Å². The Kier molecular flexibility index (Phi) is 5.47. The van der Waals surface area contributed by atoms with Crippen molar-refractivity contribution in [1.29, 1.82) is 0 Å². The van der Waals surface area contributed by atoms with E-state index in [0.717, 1.165) is 58.9 Å². The average Bonchev–Trinajstić information content (AvgIpc) is 3.28. The Morgan fingerprint density at radius 1 is 1.15 bits per heavy atom. The molecule has 0 bridgehead atoms. The van der Waals surface area contributed by atoms with Crippen LogP contribution in [-0.2, 0) is 4.79 Å². The molecule has 3 aromatic rings. The van der Waals surface area contributed by atoms with Gasteiger partial charge in [-0.1, -0.05) is 30.0 Å². The van der Waals surface area contributed by atoms with Crippen LogP contribution in [-0.4, -0.2) is 47.9 Å². The maximum Gasteiger partial charge on any atom is 0.258 e. The first-order valence-electron chi connectivity index (χ1n) is 11.5. The number of piperidine rings is 1. The van der Waals surface area contributed by atoms with Gasteiger partial charge in [-0.15, -0.1) is 0 Å². The fourth-order valence-corrected chi connectivity index (χ4v) is 5.99. The number of para-hydroxylation sites is 2. The summed E-state index contributed by atoms with van der Waals surface area (Å²) < 4.78 is 12.2. The largest absolute Gasteiger partial charge is 0.486 e. The van der Waals surface area contributed by atoms with Crippen LogP contribution >= 0.6 is 11.8 Å². The molecule has 0 radical (unpaired) electrons. The normalized spacial score (nSPS) is 20.8. The summed E-state index contributed by atoms with van der Waals surface area (Å²) in [6, 6.07) is 13.8. The summed E-state index contributed by atoms with van der Waals surface area (Å²) in [5.41, 5.74) is 1.82. The maximum absolute atomic E-state index is 13.4. The fourth-order valence-electron chi connectivity index (χ4n) is 4.96. The van der Waals surface area contributed by atoms with Gasteiger partial charge in [-0.25, -0.2) is 0 Å². The molecule has 170 valence electrons.